The van der Waals surface area contributed by atoms with Gasteiger partial charge in [-0.15, -0.1) is 0 Å². The Morgan fingerprint density at radius 1 is 1.23 bits per heavy atom. The van der Waals surface area contributed by atoms with Crippen LogP contribution in [0.1, 0.15) is 16.7 Å². The Bertz CT molecular complexity index is 668. The number of aryl methyl sites for hydroxylation is 1. The van der Waals surface area contributed by atoms with Crippen molar-refractivity contribution < 1.29 is 14.4 Å². The normalized spacial score (nSPS) is 10.5. The molecule has 114 valence electrons. The number of hydrogen-bond donors (Lipinski definition) is 1. The second kappa shape index (κ2) is 7.83. The van der Waals surface area contributed by atoms with Crippen molar-refractivity contribution in [3.63, 3.8) is 0 Å². The van der Waals surface area contributed by atoms with Crippen LogP contribution in [0, 0.1) is 6.92 Å². The Morgan fingerprint density at radius 3 is 2.82 bits per heavy atom. The summed E-state index contributed by atoms with van der Waals surface area (Å²) in [4.78, 5) is 16.6. The molecule has 0 aromatic heterocycles. The molecule has 5 nitrogen and oxygen atoms in total. The zero-order chi connectivity index (χ0) is 15.8. The smallest absolute Gasteiger partial charge is 0.411 e. The van der Waals surface area contributed by atoms with Crippen LogP contribution in [-0.2, 0) is 16.2 Å². The van der Waals surface area contributed by atoms with Gasteiger partial charge in [0.25, 0.3) is 0 Å². The highest BCUT2D eigenvalue weighted by Crippen LogP contribution is 2.13. The van der Waals surface area contributed by atoms with E-state index in [2.05, 4.69) is 15.2 Å². The van der Waals surface area contributed by atoms with Crippen molar-refractivity contribution in [3.8, 4) is 0 Å². The number of amides is 1. The Morgan fingerprint density at radius 2 is 2.05 bits per heavy atom. The topological polar surface area (TPSA) is 59.9 Å². The van der Waals surface area contributed by atoms with Gasteiger partial charge in [-0.25, -0.2) is 4.79 Å². The van der Waals surface area contributed by atoms with Crippen LogP contribution in [0.25, 0.3) is 0 Å². The zero-order valence-corrected chi connectivity index (χ0v) is 12.6. The molecule has 0 fully saturated rings. The van der Waals surface area contributed by atoms with Crippen LogP contribution in [0.15, 0.2) is 53.7 Å². The van der Waals surface area contributed by atoms with Crippen LogP contribution in [0.4, 0.5) is 10.5 Å². The SMILES string of the molecule is COC(=O)Nc1ccccc1C=NOCc1cccc(C)c1. The van der Waals surface area contributed by atoms with E-state index in [1.807, 2.05) is 49.4 Å². The molecule has 0 unspecified atom stereocenters. The Balaban J connectivity index is 1.97. The third-order valence-electron chi connectivity index (χ3n) is 2.96. The van der Waals surface area contributed by atoms with E-state index in [4.69, 9.17) is 4.84 Å². The number of oxime groups is 1. The number of anilines is 1. The van der Waals surface area contributed by atoms with Gasteiger partial charge in [0, 0.05) is 5.56 Å². The number of nitrogens with zero attached hydrogens (tertiary/aromatic N) is 1. The lowest BCUT2D eigenvalue weighted by molar-refractivity contribution is 0.132. The molecular formula is C17H18N2O3. The van der Waals surface area contributed by atoms with Gasteiger partial charge in [0.05, 0.1) is 19.0 Å². The van der Waals surface area contributed by atoms with E-state index >= 15 is 0 Å². The van der Waals surface area contributed by atoms with Gasteiger partial charge in [-0.2, -0.15) is 0 Å². The fourth-order valence-corrected chi connectivity index (χ4v) is 1.89. The highest BCUT2D eigenvalue weighted by atomic mass is 16.6. The lowest BCUT2D eigenvalue weighted by Crippen LogP contribution is -2.12. The average molecular weight is 298 g/mol. The summed E-state index contributed by atoms with van der Waals surface area (Å²) in [7, 11) is 1.32. The molecule has 5 heteroatoms. The zero-order valence-electron chi connectivity index (χ0n) is 12.6. The molecule has 22 heavy (non-hydrogen) atoms. The number of para-hydroxylation sites is 1. The monoisotopic (exact) mass is 298 g/mol. The fraction of sp³-hybridized carbons (Fsp3) is 0.176. The van der Waals surface area contributed by atoms with Crippen molar-refractivity contribution in [2.45, 2.75) is 13.5 Å². The van der Waals surface area contributed by atoms with E-state index in [1.54, 1.807) is 12.3 Å². The van der Waals surface area contributed by atoms with E-state index in [9.17, 15) is 4.79 Å². The second-order valence-electron chi connectivity index (χ2n) is 4.70. The van der Waals surface area contributed by atoms with Gasteiger partial charge in [-0.1, -0.05) is 53.2 Å². The van der Waals surface area contributed by atoms with Gasteiger partial charge in [0.15, 0.2) is 0 Å². The molecule has 0 heterocycles. The summed E-state index contributed by atoms with van der Waals surface area (Å²) in [5, 5.41) is 6.56. The number of carbonyl (C=O) groups excluding carboxylic acids is 1. The van der Waals surface area contributed by atoms with Gasteiger partial charge in [0.2, 0.25) is 0 Å². The molecule has 0 radical (unpaired) electrons. The second-order valence-corrected chi connectivity index (χ2v) is 4.70. The third-order valence-corrected chi connectivity index (χ3v) is 2.96. The summed E-state index contributed by atoms with van der Waals surface area (Å²) in [6.07, 6.45) is 1.03. The molecular weight excluding hydrogens is 280 g/mol. The van der Waals surface area contributed by atoms with Gasteiger partial charge in [0.1, 0.15) is 6.61 Å². The van der Waals surface area contributed by atoms with Crippen LogP contribution in [-0.4, -0.2) is 19.4 Å². The van der Waals surface area contributed by atoms with E-state index in [-0.39, 0.29) is 0 Å². The number of hydrogen-bond acceptors (Lipinski definition) is 4. The van der Waals surface area contributed by atoms with Crippen molar-refractivity contribution in [1.82, 2.24) is 0 Å². The standard InChI is InChI=1S/C17H18N2O3/c1-13-6-5-7-14(10-13)12-22-18-11-15-8-3-4-9-16(15)19-17(20)21-2/h3-11H,12H2,1-2H3,(H,19,20). The minimum atomic E-state index is -0.526. The lowest BCUT2D eigenvalue weighted by atomic mass is 10.1. The third kappa shape index (κ3) is 4.63. The summed E-state index contributed by atoms with van der Waals surface area (Å²) >= 11 is 0. The first-order valence-electron chi connectivity index (χ1n) is 6.84. The molecule has 0 saturated heterocycles. The summed E-state index contributed by atoms with van der Waals surface area (Å²) in [5.74, 6) is 0. The van der Waals surface area contributed by atoms with Gasteiger partial charge in [-0.05, 0) is 18.6 Å². The van der Waals surface area contributed by atoms with E-state index < -0.39 is 6.09 Å². The maximum absolute atomic E-state index is 11.3. The molecule has 0 atom stereocenters. The lowest BCUT2D eigenvalue weighted by Gasteiger charge is -2.06. The molecule has 1 N–H and O–H groups in total. The average Bonchev–Trinajstić information content (AvgIpc) is 2.53. The van der Waals surface area contributed by atoms with Gasteiger partial charge >= 0.3 is 6.09 Å². The number of nitrogens with one attached hydrogen (secondary N) is 1. The Hall–Kier alpha value is -2.82. The number of carbonyl (C=O) groups is 1. The number of ether oxygens (including phenoxy) is 1. The van der Waals surface area contributed by atoms with E-state index in [0.29, 0.717) is 12.3 Å². The Labute approximate surface area is 129 Å². The van der Waals surface area contributed by atoms with Crippen molar-refractivity contribution >= 4 is 18.0 Å². The van der Waals surface area contributed by atoms with Crippen LogP contribution >= 0.6 is 0 Å². The van der Waals surface area contributed by atoms with Crippen molar-refractivity contribution in [3.05, 3.63) is 65.2 Å². The van der Waals surface area contributed by atoms with Crippen LogP contribution in [0.3, 0.4) is 0 Å². The minimum absolute atomic E-state index is 0.394. The minimum Gasteiger partial charge on any atom is -0.453 e. The quantitative estimate of drug-likeness (QED) is 0.676. The number of rotatable bonds is 5. The Kier molecular flexibility index (Phi) is 5.54. The molecule has 0 spiro atoms. The van der Waals surface area contributed by atoms with E-state index in [1.165, 1.54) is 12.7 Å². The largest absolute Gasteiger partial charge is 0.453 e. The first-order chi connectivity index (χ1) is 10.7. The molecule has 1 amide bonds. The van der Waals surface area contributed by atoms with E-state index in [0.717, 1.165) is 11.1 Å². The van der Waals surface area contributed by atoms with Gasteiger partial charge < -0.3 is 9.57 Å². The molecule has 0 aliphatic heterocycles. The summed E-state index contributed by atoms with van der Waals surface area (Å²) in [5.41, 5.74) is 3.57. The molecule has 2 aromatic rings. The first-order valence-corrected chi connectivity index (χ1v) is 6.84. The molecule has 0 aliphatic rings. The van der Waals surface area contributed by atoms with Crippen molar-refractivity contribution in [1.29, 1.82) is 0 Å². The van der Waals surface area contributed by atoms with Crippen LogP contribution < -0.4 is 5.32 Å². The maximum atomic E-state index is 11.3. The predicted octanol–water partition coefficient (Wildman–Crippen LogP) is 3.72. The van der Waals surface area contributed by atoms with Gasteiger partial charge in [-0.3, -0.25) is 5.32 Å². The summed E-state index contributed by atoms with van der Waals surface area (Å²) in [6.45, 7) is 2.42. The highest BCUT2D eigenvalue weighted by molar-refractivity contribution is 5.94. The maximum Gasteiger partial charge on any atom is 0.411 e. The number of methoxy groups -OCH3 is 1. The number of benzene rings is 2. The summed E-state index contributed by atoms with van der Waals surface area (Å²) < 4.78 is 4.58. The predicted molar refractivity (Wildman–Crippen MR) is 86.0 cm³/mol. The first kappa shape index (κ1) is 15.6. The molecule has 0 aliphatic carbocycles. The fourth-order valence-electron chi connectivity index (χ4n) is 1.89. The van der Waals surface area contributed by atoms with Crippen molar-refractivity contribution in [2.24, 2.45) is 5.16 Å². The van der Waals surface area contributed by atoms with Crippen molar-refractivity contribution in [2.75, 3.05) is 12.4 Å². The molecule has 2 aromatic carbocycles. The van der Waals surface area contributed by atoms with Crippen LogP contribution in [0.5, 0.6) is 0 Å². The summed E-state index contributed by atoms with van der Waals surface area (Å²) in [6, 6.07) is 15.3. The van der Waals surface area contributed by atoms with Crippen LogP contribution in [0.2, 0.25) is 0 Å². The highest BCUT2D eigenvalue weighted by Gasteiger charge is 2.04. The molecule has 2 rings (SSSR count). The molecule has 0 bridgehead atoms. The molecule has 0 saturated carbocycles.